The predicted molar refractivity (Wildman–Crippen MR) is 62.0 cm³/mol. The first kappa shape index (κ1) is 12.9. The van der Waals surface area contributed by atoms with Crippen LogP contribution < -0.4 is 0 Å². The zero-order chi connectivity index (χ0) is 11.1. The summed E-state index contributed by atoms with van der Waals surface area (Å²) in [6.45, 7) is 8.51. The second-order valence-electron chi connectivity index (χ2n) is 4.72. The average molecular weight is 215 g/mol. The Kier molecular flexibility index (Phi) is 6.22. The van der Waals surface area contributed by atoms with Gasteiger partial charge >= 0.3 is 0 Å². The van der Waals surface area contributed by atoms with E-state index in [2.05, 4.69) is 18.7 Å². The Morgan fingerprint density at radius 1 is 1.33 bits per heavy atom. The quantitative estimate of drug-likeness (QED) is 0.729. The molecule has 0 atom stereocenters. The fourth-order valence-electron chi connectivity index (χ4n) is 2.11. The number of hydrogen-bond acceptors (Lipinski definition) is 3. The number of ether oxygens (including phenoxy) is 1. The molecule has 90 valence electrons. The Labute approximate surface area is 93.4 Å². The van der Waals surface area contributed by atoms with Crippen LogP contribution in [0.3, 0.4) is 0 Å². The lowest BCUT2D eigenvalue weighted by atomic mass is 9.94. The van der Waals surface area contributed by atoms with Crippen LogP contribution in [-0.2, 0) is 4.74 Å². The Hall–Kier alpha value is -0.120. The zero-order valence-corrected chi connectivity index (χ0v) is 10.1. The molecule has 0 aromatic rings. The molecule has 0 unspecified atom stereocenters. The average Bonchev–Trinajstić information content (AvgIpc) is 2.20. The lowest BCUT2D eigenvalue weighted by Gasteiger charge is -2.31. The minimum absolute atomic E-state index is 0.293. The van der Waals surface area contributed by atoms with Crippen LogP contribution in [0.25, 0.3) is 0 Å². The van der Waals surface area contributed by atoms with Crippen LogP contribution in [-0.4, -0.2) is 49.0 Å². The summed E-state index contributed by atoms with van der Waals surface area (Å²) in [7, 11) is 0. The van der Waals surface area contributed by atoms with Gasteiger partial charge in [-0.05, 0) is 52.1 Å². The van der Waals surface area contributed by atoms with Gasteiger partial charge in [-0.3, -0.25) is 0 Å². The van der Waals surface area contributed by atoms with Crippen molar-refractivity contribution in [1.29, 1.82) is 0 Å². The third-order valence-corrected chi connectivity index (χ3v) is 3.10. The van der Waals surface area contributed by atoms with E-state index in [1.807, 2.05) is 0 Å². The van der Waals surface area contributed by atoms with Gasteiger partial charge in [0.25, 0.3) is 0 Å². The third-order valence-electron chi connectivity index (χ3n) is 3.10. The molecule has 0 aromatic carbocycles. The molecular weight excluding hydrogens is 190 g/mol. The molecule has 0 radical (unpaired) electrons. The Bertz CT molecular complexity index is 154. The summed E-state index contributed by atoms with van der Waals surface area (Å²) in [5.74, 6) is 0.832. The Morgan fingerprint density at radius 2 is 2.00 bits per heavy atom. The van der Waals surface area contributed by atoms with E-state index in [4.69, 9.17) is 9.84 Å². The second kappa shape index (κ2) is 7.20. The van der Waals surface area contributed by atoms with Crippen molar-refractivity contribution < 1.29 is 9.84 Å². The summed E-state index contributed by atoms with van der Waals surface area (Å²) in [6, 6.07) is 0. The van der Waals surface area contributed by atoms with Gasteiger partial charge in [0.15, 0.2) is 0 Å². The van der Waals surface area contributed by atoms with Crippen LogP contribution >= 0.6 is 0 Å². The molecule has 15 heavy (non-hydrogen) atoms. The Balaban J connectivity index is 2.04. The standard InChI is InChI=1S/C12H25NO2/c1-11(2)15-10-5-12-3-6-13(7-4-12)8-9-14/h11-12,14H,3-10H2,1-2H3. The van der Waals surface area contributed by atoms with E-state index >= 15 is 0 Å². The van der Waals surface area contributed by atoms with E-state index < -0.39 is 0 Å². The maximum absolute atomic E-state index is 8.83. The molecule has 0 spiro atoms. The summed E-state index contributed by atoms with van der Waals surface area (Å²) in [4.78, 5) is 2.35. The van der Waals surface area contributed by atoms with Crippen molar-refractivity contribution in [3.05, 3.63) is 0 Å². The van der Waals surface area contributed by atoms with E-state index in [9.17, 15) is 0 Å². The summed E-state index contributed by atoms with van der Waals surface area (Å²) in [5, 5.41) is 8.83. The molecule has 1 rings (SSSR count). The molecule has 1 aliphatic rings. The van der Waals surface area contributed by atoms with Gasteiger partial charge in [-0.1, -0.05) is 0 Å². The highest BCUT2D eigenvalue weighted by Gasteiger charge is 2.18. The van der Waals surface area contributed by atoms with Crippen LogP contribution in [0.1, 0.15) is 33.1 Å². The lowest BCUT2D eigenvalue weighted by Crippen LogP contribution is -2.35. The molecule has 1 saturated heterocycles. The zero-order valence-electron chi connectivity index (χ0n) is 10.1. The molecule has 1 fully saturated rings. The molecule has 0 aromatic heterocycles. The molecule has 3 heteroatoms. The first-order chi connectivity index (χ1) is 7.22. The lowest BCUT2D eigenvalue weighted by molar-refractivity contribution is 0.0579. The van der Waals surface area contributed by atoms with Gasteiger partial charge in [0.1, 0.15) is 0 Å². The van der Waals surface area contributed by atoms with Gasteiger partial charge in [0.2, 0.25) is 0 Å². The predicted octanol–water partition coefficient (Wildman–Crippen LogP) is 1.51. The van der Waals surface area contributed by atoms with Crippen molar-refractivity contribution in [3.63, 3.8) is 0 Å². The number of rotatable bonds is 6. The normalized spacial score (nSPS) is 20.0. The highest BCUT2D eigenvalue weighted by atomic mass is 16.5. The van der Waals surface area contributed by atoms with E-state index in [0.717, 1.165) is 32.2 Å². The minimum atomic E-state index is 0.293. The molecule has 1 N–H and O–H groups in total. The maximum Gasteiger partial charge on any atom is 0.0558 e. The second-order valence-corrected chi connectivity index (χ2v) is 4.72. The van der Waals surface area contributed by atoms with Crippen molar-refractivity contribution in [2.24, 2.45) is 5.92 Å². The monoisotopic (exact) mass is 215 g/mol. The molecule has 0 amide bonds. The molecule has 0 bridgehead atoms. The third kappa shape index (κ3) is 5.50. The number of piperidine rings is 1. The van der Waals surface area contributed by atoms with Crippen molar-refractivity contribution in [2.75, 3.05) is 32.8 Å². The fraction of sp³-hybridized carbons (Fsp3) is 1.00. The summed E-state index contributed by atoms with van der Waals surface area (Å²) in [5.41, 5.74) is 0. The van der Waals surface area contributed by atoms with Gasteiger partial charge in [0.05, 0.1) is 12.7 Å². The summed E-state index contributed by atoms with van der Waals surface area (Å²) < 4.78 is 5.57. The topological polar surface area (TPSA) is 32.7 Å². The molecule has 1 heterocycles. The number of hydrogen-bond donors (Lipinski definition) is 1. The summed E-state index contributed by atoms with van der Waals surface area (Å²) in [6.07, 6.45) is 4.09. The van der Waals surface area contributed by atoms with Crippen LogP contribution in [0.5, 0.6) is 0 Å². The number of β-amino-alcohol motifs (C(OH)–C–C–N with tert-alkyl or cyclic N) is 1. The molecular formula is C12H25NO2. The SMILES string of the molecule is CC(C)OCCC1CCN(CCO)CC1. The van der Waals surface area contributed by atoms with E-state index in [1.165, 1.54) is 19.3 Å². The first-order valence-corrected chi connectivity index (χ1v) is 6.17. The van der Waals surface area contributed by atoms with E-state index in [1.54, 1.807) is 0 Å². The largest absolute Gasteiger partial charge is 0.395 e. The fourth-order valence-corrected chi connectivity index (χ4v) is 2.11. The van der Waals surface area contributed by atoms with Crippen molar-refractivity contribution in [2.45, 2.75) is 39.2 Å². The molecule has 3 nitrogen and oxygen atoms in total. The molecule has 1 aliphatic heterocycles. The highest BCUT2D eigenvalue weighted by molar-refractivity contribution is 4.71. The number of aliphatic hydroxyl groups is 1. The van der Waals surface area contributed by atoms with Gasteiger partial charge in [-0.15, -0.1) is 0 Å². The van der Waals surface area contributed by atoms with Crippen LogP contribution in [0.2, 0.25) is 0 Å². The highest BCUT2D eigenvalue weighted by Crippen LogP contribution is 2.20. The Morgan fingerprint density at radius 3 is 2.53 bits per heavy atom. The van der Waals surface area contributed by atoms with Crippen molar-refractivity contribution >= 4 is 0 Å². The summed E-state index contributed by atoms with van der Waals surface area (Å²) >= 11 is 0. The first-order valence-electron chi connectivity index (χ1n) is 6.17. The minimum Gasteiger partial charge on any atom is -0.395 e. The van der Waals surface area contributed by atoms with E-state index in [0.29, 0.717) is 12.7 Å². The van der Waals surface area contributed by atoms with Crippen molar-refractivity contribution in [1.82, 2.24) is 4.90 Å². The van der Waals surface area contributed by atoms with Gasteiger partial charge in [-0.25, -0.2) is 0 Å². The van der Waals surface area contributed by atoms with Crippen LogP contribution in [0.15, 0.2) is 0 Å². The van der Waals surface area contributed by atoms with Gasteiger partial charge in [-0.2, -0.15) is 0 Å². The number of aliphatic hydroxyl groups excluding tert-OH is 1. The number of likely N-dealkylation sites (tertiary alicyclic amines) is 1. The van der Waals surface area contributed by atoms with Crippen LogP contribution in [0.4, 0.5) is 0 Å². The smallest absolute Gasteiger partial charge is 0.0558 e. The van der Waals surface area contributed by atoms with Gasteiger partial charge in [0, 0.05) is 13.2 Å². The maximum atomic E-state index is 8.83. The number of nitrogens with zero attached hydrogens (tertiary/aromatic N) is 1. The van der Waals surface area contributed by atoms with Crippen molar-refractivity contribution in [3.8, 4) is 0 Å². The molecule has 0 saturated carbocycles. The van der Waals surface area contributed by atoms with E-state index in [-0.39, 0.29) is 0 Å². The molecule has 0 aliphatic carbocycles. The van der Waals surface area contributed by atoms with Crippen LogP contribution in [0, 0.1) is 5.92 Å². The van der Waals surface area contributed by atoms with Gasteiger partial charge < -0.3 is 14.7 Å².